The predicted octanol–water partition coefficient (Wildman–Crippen LogP) is 6.60. The van der Waals surface area contributed by atoms with Crippen LogP contribution in [-0.4, -0.2) is 14.8 Å². The number of hydrogen-bond donors (Lipinski definition) is 0. The van der Waals surface area contributed by atoms with Crippen LogP contribution in [0.5, 0.6) is 0 Å². The van der Waals surface area contributed by atoms with Crippen molar-refractivity contribution in [2.45, 2.75) is 13.3 Å². The minimum absolute atomic E-state index is 0.0695. The zero-order valence-electron chi connectivity index (χ0n) is 15.7. The van der Waals surface area contributed by atoms with Crippen molar-refractivity contribution in [1.29, 1.82) is 0 Å². The summed E-state index contributed by atoms with van der Waals surface area (Å²) in [5, 5.41) is 6.92. The highest BCUT2D eigenvalue weighted by atomic mass is 35.5. The van der Waals surface area contributed by atoms with Crippen LogP contribution < -0.4 is 0 Å². The molecule has 0 aliphatic rings. The summed E-state index contributed by atoms with van der Waals surface area (Å²) in [7, 11) is 0. The van der Waals surface area contributed by atoms with Crippen LogP contribution in [0.4, 0.5) is 4.39 Å². The van der Waals surface area contributed by atoms with E-state index in [4.69, 9.17) is 16.7 Å². The highest BCUT2D eigenvalue weighted by molar-refractivity contribution is 6.30. The van der Waals surface area contributed by atoms with Gasteiger partial charge in [-0.1, -0.05) is 54.9 Å². The molecule has 0 N–H and O–H groups in total. The van der Waals surface area contributed by atoms with Crippen molar-refractivity contribution in [1.82, 2.24) is 14.8 Å². The lowest BCUT2D eigenvalue weighted by molar-refractivity contribution is 0.627. The van der Waals surface area contributed by atoms with Crippen LogP contribution in [0.2, 0.25) is 5.02 Å². The van der Waals surface area contributed by atoms with Crippen LogP contribution >= 0.6 is 11.6 Å². The van der Waals surface area contributed by atoms with Gasteiger partial charge in [-0.3, -0.25) is 4.98 Å². The number of pyridine rings is 1. The van der Waals surface area contributed by atoms with E-state index in [0.717, 1.165) is 39.5 Å². The van der Waals surface area contributed by atoms with Gasteiger partial charge in [-0.15, -0.1) is 0 Å². The standard InChI is InChI=1S/C24H17ClFN3/c1-2-15-8-11-22-18(12-15)24-19(14-27-22)23(16-6-4-3-5-7-16)28-29(24)17-9-10-21(26)20(25)13-17/h3-14H,2H2,1H3. The van der Waals surface area contributed by atoms with Crippen LogP contribution in [0.3, 0.4) is 0 Å². The average molecular weight is 402 g/mol. The van der Waals surface area contributed by atoms with E-state index in [1.807, 2.05) is 47.3 Å². The van der Waals surface area contributed by atoms with Crippen LogP contribution in [0.1, 0.15) is 12.5 Å². The summed E-state index contributed by atoms with van der Waals surface area (Å²) in [6.45, 7) is 2.13. The van der Waals surface area contributed by atoms with Crippen molar-refractivity contribution in [3.05, 3.63) is 89.3 Å². The van der Waals surface area contributed by atoms with Gasteiger partial charge in [0.15, 0.2) is 0 Å². The SMILES string of the molecule is CCc1ccc2ncc3c(-c4ccccc4)nn(-c4ccc(F)c(Cl)c4)c3c2c1. The van der Waals surface area contributed by atoms with Crippen LogP contribution in [0, 0.1) is 5.82 Å². The third kappa shape index (κ3) is 2.97. The Labute approximate surface area is 172 Å². The van der Waals surface area contributed by atoms with Crippen LogP contribution in [0.25, 0.3) is 38.8 Å². The molecule has 0 fully saturated rings. The number of benzene rings is 3. The Morgan fingerprint density at radius 2 is 1.79 bits per heavy atom. The van der Waals surface area contributed by atoms with Gasteiger partial charge in [0.25, 0.3) is 0 Å². The van der Waals surface area contributed by atoms with Gasteiger partial charge in [0.1, 0.15) is 11.5 Å². The Kier molecular flexibility index (Phi) is 4.29. The second kappa shape index (κ2) is 6.98. The number of rotatable bonds is 3. The molecule has 0 aliphatic carbocycles. The summed E-state index contributed by atoms with van der Waals surface area (Å²) < 4.78 is 15.6. The van der Waals surface area contributed by atoms with E-state index in [1.54, 1.807) is 12.1 Å². The first-order chi connectivity index (χ1) is 14.2. The molecule has 3 nitrogen and oxygen atoms in total. The summed E-state index contributed by atoms with van der Waals surface area (Å²) in [6, 6.07) is 20.9. The Balaban J connectivity index is 1.91. The fourth-order valence-electron chi connectivity index (χ4n) is 3.66. The fraction of sp³-hybridized carbons (Fsp3) is 0.0833. The summed E-state index contributed by atoms with van der Waals surface area (Å²) in [5.41, 5.74) is 5.58. The molecule has 5 aromatic rings. The summed E-state index contributed by atoms with van der Waals surface area (Å²) >= 11 is 6.08. The molecule has 5 rings (SSSR count). The van der Waals surface area contributed by atoms with Gasteiger partial charge >= 0.3 is 0 Å². The monoisotopic (exact) mass is 401 g/mol. The maximum absolute atomic E-state index is 13.8. The molecule has 0 spiro atoms. The first kappa shape index (κ1) is 17.8. The highest BCUT2D eigenvalue weighted by Gasteiger charge is 2.18. The summed E-state index contributed by atoms with van der Waals surface area (Å²) in [6.07, 6.45) is 2.79. The van der Waals surface area contributed by atoms with Crippen molar-refractivity contribution in [3.63, 3.8) is 0 Å². The molecular weight excluding hydrogens is 385 g/mol. The number of aromatic nitrogens is 3. The Bertz CT molecular complexity index is 1360. The van der Waals surface area contributed by atoms with Gasteiger partial charge in [0.05, 0.1) is 21.7 Å². The van der Waals surface area contributed by atoms with Crippen LogP contribution in [0.15, 0.2) is 72.9 Å². The van der Waals surface area contributed by atoms with E-state index >= 15 is 0 Å². The molecule has 0 atom stereocenters. The quantitative estimate of drug-likeness (QED) is 0.341. The average Bonchev–Trinajstić information content (AvgIpc) is 3.16. The third-order valence-corrected chi connectivity index (χ3v) is 5.46. The second-order valence-electron chi connectivity index (χ2n) is 6.95. The number of halogens is 2. The van der Waals surface area contributed by atoms with Crippen LogP contribution in [-0.2, 0) is 6.42 Å². The molecule has 0 unspecified atom stereocenters. The molecule has 3 aromatic carbocycles. The molecular formula is C24H17ClFN3. The summed E-state index contributed by atoms with van der Waals surface area (Å²) in [5.74, 6) is -0.449. The van der Waals surface area contributed by atoms with Crippen molar-refractivity contribution >= 4 is 33.4 Å². The first-order valence-corrected chi connectivity index (χ1v) is 9.84. The molecule has 0 saturated heterocycles. The zero-order valence-corrected chi connectivity index (χ0v) is 16.5. The van der Waals surface area contributed by atoms with E-state index in [-0.39, 0.29) is 5.02 Å². The fourth-order valence-corrected chi connectivity index (χ4v) is 3.84. The Morgan fingerprint density at radius 3 is 2.55 bits per heavy atom. The van der Waals surface area contributed by atoms with E-state index in [2.05, 4.69) is 24.0 Å². The largest absolute Gasteiger partial charge is 0.255 e. The van der Waals surface area contributed by atoms with Crippen molar-refractivity contribution in [2.24, 2.45) is 0 Å². The van der Waals surface area contributed by atoms with Gasteiger partial charge in [0.2, 0.25) is 0 Å². The van der Waals surface area contributed by atoms with E-state index in [0.29, 0.717) is 5.69 Å². The zero-order chi connectivity index (χ0) is 20.0. The smallest absolute Gasteiger partial charge is 0.141 e. The van der Waals surface area contributed by atoms with Gasteiger partial charge in [-0.2, -0.15) is 5.10 Å². The maximum atomic E-state index is 13.8. The first-order valence-electron chi connectivity index (χ1n) is 9.47. The van der Waals surface area contributed by atoms with Crippen molar-refractivity contribution in [2.75, 3.05) is 0 Å². The second-order valence-corrected chi connectivity index (χ2v) is 7.36. The van der Waals surface area contributed by atoms with Gasteiger partial charge in [-0.25, -0.2) is 9.07 Å². The normalized spacial score (nSPS) is 11.4. The minimum atomic E-state index is -0.449. The molecule has 29 heavy (non-hydrogen) atoms. The highest BCUT2D eigenvalue weighted by Crippen LogP contribution is 2.34. The topological polar surface area (TPSA) is 30.7 Å². The predicted molar refractivity (Wildman–Crippen MR) is 116 cm³/mol. The molecule has 5 heteroatoms. The Morgan fingerprint density at radius 1 is 0.966 bits per heavy atom. The lowest BCUT2D eigenvalue weighted by Gasteiger charge is -2.08. The molecule has 142 valence electrons. The van der Waals surface area contributed by atoms with E-state index < -0.39 is 5.82 Å². The third-order valence-electron chi connectivity index (χ3n) is 5.17. The molecule has 0 radical (unpaired) electrons. The molecule has 0 amide bonds. The van der Waals surface area contributed by atoms with Crippen molar-refractivity contribution in [3.8, 4) is 16.9 Å². The Hall–Kier alpha value is -3.24. The maximum Gasteiger partial charge on any atom is 0.141 e. The number of aryl methyl sites for hydroxylation is 1. The summed E-state index contributed by atoms with van der Waals surface area (Å²) in [4.78, 5) is 4.67. The lowest BCUT2D eigenvalue weighted by Crippen LogP contribution is -1.98. The molecule has 0 bridgehead atoms. The number of hydrogen-bond acceptors (Lipinski definition) is 2. The van der Waals surface area contributed by atoms with E-state index in [1.165, 1.54) is 11.6 Å². The molecule has 0 saturated carbocycles. The minimum Gasteiger partial charge on any atom is -0.255 e. The number of fused-ring (bicyclic) bond motifs is 3. The van der Waals surface area contributed by atoms with Gasteiger partial charge in [-0.05, 0) is 42.3 Å². The van der Waals surface area contributed by atoms with Gasteiger partial charge in [0, 0.05) is 22.5 Å². The molecule has 2 heterocycles. The van der Waals surface area contributed by atoms with Crippen molar-refractivity contribution < 1.29 is 4.39 Å². The molecule has 2 aromatic heterocycles. The molecule has 0 aliphatic heterocycles. The number of nitrogens with zero attached hydrogens (tertiary/aromatic N) is 3. The lowest BCUT2D eigenvalue weighted by atomic mass is 10.0. The van der Waals surface area contributed by atoms with Gasteiger partial charge < -0.3 is 0 Å². The van der Waals surface area contributed by atoms with E-state index in [9.17, 15) is 4.39 Å².